The summed E-state index contributed by atoms with van der Waals surface area (Å²) >= 11 is 1.52. The Morgan fingerprint density at radius 3 is 2.48 bits per heavy atom. The van der Waals surface area contributed by atoms with Gasteiger partial charge in [0, 0.05) is 28.4 Å². The fraction of sp³-hybridized carbons (Fsp3) is 0.188. The first-order valence-corrected chi connectivity index (χ1v) is 7.38. The fourth-order valence-corrected chi connectivity index (χ4v) is 2.93. The average Bonchev–Trinajstić information content (AvgIpc) is 2.42. The first-order valence-electron chi connectivity index (χ1n) is 6.56. The molecule has 0 aliphatic heterocycles. The topological polar surface area (TPSA) is 55.1 Å². The number of carbonyl (C=O) groups is 1. The first kappa shape index (κ1) is 15.5. The van der Waals surface area contributed by atoms with E-state index >= 15 is 0 Å². The van der Waals surface area contributed by atoms with Gasteiger partial charge >= 0.3 is 0 Å². The molecule has 3 N–H and O–H groups in total. The summed E-state index contributed by atoms with van der Waals surface area (Å²) in [6.45, 7) is 3.30. The third kappa shape index (κ3) is 4.31. The average molecular weight is 304 g/mol. The van der Waals surface area contributed by atoms with E-state index in [-0.39, 0.29) is 17.8 Å². The lowest BCUT2D eigenvalue weighted by Crippen LogP contribution is -2.07. The molecule has 1 atom stereocenters. The molecule has 1 amide bonds. The third-order valence-electron chi connectivity index (χ3n) is 2.86. The molecule has 2 aromatic carbocycles. The lowest BCUT2D eigenvalue weighted by molar-refractivity contribution is -0.114. The molecule has 0 unspecified atom stereocenters. The highest BCUT2D eigenvalue weighted by Crippen LogP contribution is 2.33. The number of nitrogens with one attached hydrogen (secondary N) is 1. The van der Waals surface area contributed by atoms with Crippen molar-refractivity contribution in [2.24, 2.45) is 5.73 Å². The van der Waals surface area contributed by atoms with Crippen LogP contribution in [0.25, 0.3) is 0 Å². The highest BCUT2D eigenvalue weighted by molar-refractivity contribution is 7.99. The van der Waals surface area contributed by atoms with Gasteiger partial charge in [0.15, 0.2) is 0 Å². The Labute approximate surface area is 127 Å². The Morgan fingerprint density at radius 2 is 1.90 bits per heavy atom. The first-order chi connectivity index (χ1) is 9.95. The van der Waals surface area contributed by atoms with E-state index in [2.05, 4.69) is 5.32 Å². The van der Waals surface area contributed by atoms with E-state index in [0.29, 0.717) is 0 Å². The summed E-state index contributed by atoms with van der Waals surface area (Å²) in [5.74, 6) is -0.388. The van der Waals surface area contributed by atoms with Crippen molar-refractivity contribution in [3.05, 3.63) is 53.8 Å². The van der Waals surface area contributed by atoms with Crippen LogP contribution in [0, 0.1) is 5.82 Å². The molecule has 21 heavy (non-hydrogen) atoms. The number of amides is 1. The minimum absolute atomic E-state index is 0.104. The zero-order valence-electron chi connectivity index (χ0n) is 11.9. The highest BCUT2D eigenvalue weighted by atomic mass is 32.2. The van der Waals surface area contributed by atoms with Crippen LogP contribution in [-0.2, 0) is 4.79 Å². The van der Waals surface area contributed by atoms with Crippen molar-refractivity contribution in [2.45, 2.75) is 29.7 Å². The molecule has 0 saturated heterocycles. The smallest absolute Gasteiger partial charge is 0.221 e. The van der Waals surface area contributed by atoms with Gasteiger partial charge in [-0.2, -0.15) is 0 Å². The van der Waals surface area contributed by atoms with E-state index in [1.165, 1.54) is 30.8 Å². The molecule has 2 aromatic rings. The Hall–Kier alpha value is -1.85. The quantitative estimate of drug-likeness (QED) is 0.899. The van der Waals surface area contributed by atoms with E-state index in [0.717, 1.165) is 21.0 Å². The normalized spacial score (nSPS) is 12.0. The maximum Gasteiger partial charge on any atom is 0.221 e. The van der Waals surface area contributed by atoms with E-state index in [1.807, 2.05) is 31.2 Å². The predicted molar refractivity (Wildman–Crippen MR) is 83.9 cm³/mol. The summed E-state index contributed by atoms with van der Waals surface area (Å²) in [7, 11) is 0. The Morgan fingerprint density at radius 1 is 1.24 bits per heavy atom. The van der Waals surface area contributed by atoms with E-state index in [1.54, 1.807) is 6.07 Å². The van der Waals surface area contributed by atoms with Crippen molar-refractivity contribution in [1.82, 2.24) is 0 Å². The summed E-state index contributed by atoms with van der Waals surface area (Å²) < 4.78 is 13.3. The molecule has 0 saturated carbocycles. The van der Waals surface area contributed by atoms with Crippen molar-refractivity contribution in [3.8, 4) is 0 Å². The van der Waals surface area contributed by atoms with Gasteiger partial charge in [-0.05, 0) is 55.0 Å². The molecule has 0 aliphatic carbocycles. The van der Waals surface area contributed by atoms with Crippen LogP contribution in [-0.4, -0.2) is 5.91 Å². The number of hydrogen-bond acceptors (Lipinski definition) is 3. The van der Waals surface area contributed by atoms with Crippen molar-refractivity contribution < 1.29 is 9.18 Å². The zero-order valence-corrected chi connectivity index (χ0v) is 12.7. The minimum Gasteiger partial charge on any atom is -0.326 e. The van der Waals surface area contributed by atoms with Crippen LogP contribution in [0.4, 0.5) is 10.1 Å². The molecule has 3 nitrogen and oxygen atoms in total. The summed E-state index contributed by atoms with van der Waals surface area (Å²) in [4.78, 5) is 12.9. The number of nitrogens with two attached hydrogens (primary N) is 1. The van der Waals surface area contributed by atoms with Crippen molar-refractivity contribution in [2.75, 3.05) is 5.32 Å². The van der Waals surface area contributed by atoms with Gasteiger partial charge < -0.3 is 11.1 Å². The van der Waals surface area contributed by atoms with Crippen LogP contribution < -0.4 is 11.1 Å². The van der Waals surface area contributed by atoms with Crippen molar-refractivity contribution >= 4 is 23.4 Å². The molecule has 0 spiro atoms. The summed E-state index contributed by atoms with van der Waals surface area (Å²) in [6, 6.07) is 11.9. The molecule has 0 fully saturated rings. The molecule has 2 rings (SSSR count). The zero-order chi connectivity index (χ0) is 15.4. The monoisotopic (exact) mass is 304 g/mol. The molecule has 0 radical (unpaired) electrons. The van der Waals surface area contributed by atoms with Crippen molar-refractivity contribution in [3.63, 3.8) is 0 Å². The summed E-state index contributed by atoms with van der Waals surface area (Å²) in [6.07, 6.45) is 0. The second-order valence-electron chi connectivity index (χ2n) is 4.78. The van der Waals surface area contributed by atoms with Crippen molar-refractivity contribution in [1.29, 1.82) is 0 Å². The van der Waals surface area contributed by atoms with Gasteiger partial charge in [0.2, 0.25) is 5.91 Å². The van der Waals surface area contributed by atoms with Crippen LogP contribution in [0.15, 0.2) is 52.3 Å². The molecular weight excluding hydrogens is 287 g/mol. The number of anilines is 1. The van der Waals surface area contributed by atoms with Gasteiger partial charge in [-0.3, -0.25) is 4.79 Å². The standard InChI is InChI=1S/C16H17FN2OS/c1-10(18)15-9-12(17)3-8-16(15)21-14-6-4-13(5-7-14)19-11(2)20/h3-10H,18H2,1-2H3,(H,19,20)/t10-/m0/s1. The molecule has 0 aliphatic rings. The minimum atomic E-state index is -0.285. The SMILES string of the molecule is CC(=O)Nc1ccc(Sc2ccc(F)cc2[C@H](C)N)cc1. The van der Waals surface area contributed by atoms with Gasteiger partial charge in [0.05, 0.1) is 0 Å². The second kappa shape index (κ2) is 6.74. The summed E-state index contributed by atoms with van der Waals surface area (Å²) in [5.41, 5.74) is 7.42. The van der Waals surface area contributed by atoms with Gasteiger partial charge in [-0.1, -0.05) is 11.8 Å². The molecular formula is C16H17FN2OS. The van der Waals surface area contributed by atoms with E-state index < -0.39 is 0 Å². The molecule has 0 aromatic heterocycles. The Kier molecular flexibility index (Phi) is 4.98. The molecule has 5 heteroatoms. The number of carbonyl (C=O) groups excluding carboxylic acids is 1. The lowest BCUT2D eigenvalue weighted by atomic mass is 10.1. The van der Waals surface area contributed by atoms with Crippen LogP contribution in [0.1, 0.15) is 25.5 Å². The van der Waals surface area contributed by atoms with Gasteiger partial charge in [-0.15, -0.1) is 0 Å². The summed E-state index contributed by atoms with van der Waals surface area (Å²) in [5, 5.41) is 2.72. The number of halogens is 1. The fourth-order valence-electron chi connectivity index (χ4n) is 1.90. The maximum absolute atomic E-state index is 13.3. The van der Waals surface area contributed by atoms with Gasteiger partial charge in [0.25, 0.3) is 0 Å². The van der Waals surface area contributed by atoms with E-state index in [9.17, 15) is 9.18 Å². The van der Waals surface area contributed by atoms with Crippen LogP contribution in [0.5, 0.6) is 0 Å². The maximum atomic E-state index is 13.3. The van der Waals surface area contributed by atoms with Gasteiger partial charge in [0.1, 0.15) is 5.82 Å². The largest absolute Gasteiger partial charge is 0.326 e. The van der Waals surface area contributed by atoms with Crippen LogP contribution in [0.3, 0.4) is 0 Å². The van der Waals surface area contributed by atoms with Gasteiger partial charge in [-0.25, -0.2) is 4.39 Å². The second-order valence-corrected chi connectivity index (χ2v) is 5.89. The number of rotatable bonds is 4. The predicted octanol–water partition coefficient (Wildman–Crippen LogP) is 3.96. The molecule has 0 heterocycles. The Bertz CT molecular complexity index is 641. The molecule has 110 valence electrons. The highest BCUT2D eigenvalue weighted by Gasteiger charge is 2.10. The van der Waals surface area contributed by atoms with Crippen LogP contribution in [0.2, 0.25) is 0 Å². The molecule has 0 bridgehead atoms. The number of hydrogen-bond donors (Lipinski definition) is 2. The van der Waals surface area contributed by atoms with Crippen LogP contribution >= 0.6 is 11.8 Å². The van der Waals surface area contributed by atoms with E-state index in [4.69, 9.17) is 5.73 Å². The Balaban J connectivity index is 2.20. The lowest BCUT2D eigenvalue weighted by Gasteiger charge is -2.12. The third-order valence-corrected chi connectivity index (χ3v) is 3.96. The number of benzene rings is 2.